The van der Waals surface area contributed by atoms with Crippen molar-refractivity contribution in [1.82, 2.24) is 14.8 Å². The van der Waals surface area contributed by atoms with Gasteiger partial charge in [0.15, 0.2) is 6.04 Å². The third-order valence-corrected chi connectivity index (χ3v) is 7.43. The highest BCUT2D eigenvalue weighted by atomic mass is 19.4. The maximum absolute atomic E-state index is 14.1. The number of hydrogen-bond acceptors (Lipinski definition) is 5. The second kappa shape index (κ2) is 9.38. The van der Waals surface area contributed by atoms with Gasteiger partial charge in [0.05, 0.1) is 23.7 Å². The molecule has 36 heavy (non-hydrogen) atoms. The summed E-state index contributed by atoms with van der Waals surface area (Å²) in [7, 11) is 1.05. The van der Waals surface area contributed by atoms with Crippen molar-refractivity contribution in [1.29, 1.82) is 0 Å². The Morgan fingerprint density at radius 2 is 1.92 bits per heavy atom. The molecule has 4 rings (SSSR count). The molecule has 1 fully saturated rings. The molecule has 10 heteroatoms. The van der Waals surface area contributed by atoms with Crippen LogP contribution >= 0.6 is 0 Å². The van der Waals surface area contributed by atoms with Crippen molar-refractivity contribution in [2.45, 2.75) is 69.4 Å². The second-order valence-electron chi connectivity index (χ2n) is 10.2. The molecule has 4 atom stereocenters. The number of benzene rings is 1. The molecular weight excluding hydrogens is 473 g/mol. The van der Waals surface area contributed by atoms with Crippen molar-refractivity contribution >= 4 is 17.5 Å². The lowest BCUT2D eigenvalue weighted by Gasteiger charge is -2.33. The van der Waals surface area contributed by atoms with Gasteiger partial charge in [0.25, 0.3) is 0 Å². The van der Waals surface area contributed by atoms with E-state index < -0.39 is 36.2 Å². The molecule has 0 radical (unpaired) electrons. The monoisotopic (exact) mass is 504 g/mol. The van der Waals surface area contributed by atoms with Gasteiger partial charge in [-0.3, -0.25) is 14.6 Å². The van der Waals surface area contributed by atoms with Crippen LogP contribution in [0.4, 0.5) is 18.9 Å². The van der Waals surface area contributed by atoms with E-state index in [1.54, 1.807) is 6.07 Å². The van der Waals surface area contributed by atoms with Crippen molar-refractivity contribution in [3.63, 3.8) is 0 Å². The molecular formula is C26H31F3N4O3. The molecule has 1 aromatic heterocycles. The summed E-state index contributed by atoms with van der Waals surface area (Å²) in [6.07, 6.45) is -3.72. The first-order valence-corrected chi connectivity index (χ1v) is 11.9. The number of fused-ring (bicyclic) bond motifs is 1. The molecule has 2 heterocycles. The standard InChI is InChI=1S/C26H31F3N4O3/c1-15(34)33-14-18(35)12-21(33)24(36)32(4)23(26(27,28)29)20-10-9-17(13-30-20)31-22-11-16-7-5-6-8-19(16)25(22,2)3/h5-10,13,18,21-23,31,35H,11-12,14H2,1-4H3/t18-,21+,22?,23+/m1/s1. The first kappa shape index (κ1) is 25.9. The normalized spacial score (nSPS) is 23.8. The molecule has 1 aromatic carbocycles. The number of alkyl halides is 3. The van der Waals surface area contributed by atoms with Crippen LogP contribution in [0.25, 0.3) is 0 Å². The minimum Gasteiger partial charge on any atom is -0.391 e. The number of rotatable bonds is 5. The summed E-state index contributed by atoms with van der Waals surface area (Å²) >= 11 is 0. The summed E-state index contributed by atoms with van der Waals surface area (Å²) in [6, 6.07) is 7.56. The fourth-order valence-corrected chi connectivity index (χ4v) is 5.42. The molecule has 1 unspecified atom stereocenters. The fraction of sp³-hybridized carbons (Fsp3) is 0.500. The van der Waals surface area contributed by atoms with Crippen LogP contribution < -0.4 is 5.32 Å². The lowest BCUT2D eigenvalue weighted by Crippen LogP contribution is -2.49. The lowest BCUT2D eigenvalue weighted by molar-refractivity contribution is -0.191. The van der Waals surface area contributed by atoms with E-state index in [1.807, 2.05) is 12.1 Å². The number of pyridine rings is 1. The smallest absolute Gasteiger partial charge is 0.391 e. The number of β-amino-alcohol motifs (C(OH)–C–C–N with tert-alkyl or cyclic N) is 1. The largest absolute Gasteiger partial charge is 0.414 e. The van der Waals surface area contributed by atoms with Gasteiger partial charge in [-0.15, -0.1) is 0 Å². The minimum absolute atomic E-state index is 0.0385. The number of carbonyl (C=O) groups excluding carboxylic acids is 2. The van der Waals surface area contributed by atoms with E-state index >= 15 is 0 Å². The number of carbonyl (C=O) groups is 2. The Balaban J connectivity index is 1.53. The van der Waals surface area contributed by atoms with Crippen molar-refractivity contribution in [3.8, 4) is 0 Å². The first-order chi connectivity index (χ1) is 16.8. The van der Waals surface area contributed by atoms with E-state index in [-0.39, 0.29) is 30.1 Å². The number of aliphatic hydroxyl groups excluding tert-OH is 1. The molecule has 0 saturated carbocycles. The maximum Gasteiger partial charge on any atom is 0.414 e. The molecule has 1 saturated heterocycles. The number of anilines is 1. The molecule has 194 valence electrons. The van der Waals surface area contributed by atoms with Gasteiger partial charge in [-0.05, 0) is 29.7 Å². The van der Waals surface area contributed by atoms with E-state index in [9.17, 15) is 27.9 Å². The summed E-state index contributed by atoms with van der Waals surface area (Å²) in [5, 5.41) is 13.3. The van der Waals surface area contributed by atoms with Gasteiger partial charge in [-0.1, -0.05) is 38.1 Å². The van der Waals surface area contributed by atoms with Gasteiger partial charge in [0, 0.05) is 38.4 Å². The number of likely N-dealkylation sites (N-methyl/N-ethyl adjacent to an activating group) is 1. The van der Waals surface area contributed by atoms with Gasteiger partial charge in [-0.2, -0.15) is 13.2 Å². The third-order valence-electron chi connectivity index (χ3n) is 7.43. The Kier molecular flexibility index (Phi) is 6.76. The zero-order valence-corrected chi connectivity index (χ0v) is 20.7. The fourth-order valence-electron chi connectivity index (χ4n) is 5.42. The van der Waals surface area contributed by atoms with Crippen molar-refractivity contribution in [3.05, 3.63) is 59.4 Å². The van der Waals surface area contributed by atoms with E-state index in [2.05, 4.69) is 36.3 Å². The molecule has 0 bridgehead atoms. The van der Waals surface area contributed by atoms with Crippen LogP contribution in [0.3, 0.4) is 0 Å². The Morgan fingerprint density at radius 3 is 2.50 bits per heavy atom. The first-order valence-electron chi connectivity index (χ1n) is 11.9. The minimum atomic E-state index is -4.79. The zero-order chi connectivity index (χ0) is 26.4. The van der Waals surface area contributed by atoms with Gasteiger partial charge < -0.3 is 20.2 Å². The summed E-state index contributed by atoms with van der Waals surface area (Å²) in [6.45, 7) is 5.39. The van der Waals surface area contributed by atoms with Crippen LogP contribution in [-0.2, 0) is 21.4 Å². The molecule has 2 aromatic rings. The van der Waals surface area contributed by atoms with Crippen LogP contribution in [0, 0.1) is 0 Å². The summed E-state index contributed by atoms with van der Waals surface area (Å²) in [4.78, 5) is 30.7. The second-order valence-corrected chi connectivity index (χ2v) is 10.2. The van der Waals surface area contributed by atoms with Crippen LogP contribution in [0.5, 0.6) is 0 Å². The van der Waals surface area contributed by atoms with Gasteiger partial charge in [0.2, 0.25) is 11.8 Å². The topological polar surface area (TPSA) is 85.8 Å². The zero-order valence-electron chi connectivity index (χ0n) is 20.7. The van der Waals surface area contributed by atoms with Crippen molar-refractivity contribution in [2.24, 2.45) is 0 Å². The summed E-state index contributed by atoms with van der Waals surface area (Å²) in [5.74, 6) is -1.37. The average molecular weight is 505 g/mol. The molecule has 2 amide bonds. The Bertz CT molecular complexity index is 1140. The molecule has 2 N–H and O–H groups in total. The summed E-state index contributed by atoms with van der Waals surface area (Å²) < 4.78 is 42.4. The predicted octanol–water partition coefficient (Wildman–Crippen LogP) is 3.44. The van der Waals surface area contributed by atoms with E-state index in [0.717, 1.165) is 18.4 Å². The summed E-state index contributed by atoms with van der Waals surface area (Å²) in [5.41, 5.74) is 2.55. The maximum atomic E-state index is 14.1. The molecule has 7 nitrogen and oxygen atoms in total. The number of nitrogens with one attached hydrogen (secondary N) is 1. The average Bonchev–Trinajstić information content (AvgIpc) is 3.31. The predicted molar refractivity (Wildman–Crippen MR) is 128 cm³/mol. The highest BCUT2D eigenvalue weighted by Gasteiger charge is 2.49. The van der Waals surface area contributed by atoms with Gasteiger partial charge in [0.1, 0.15) is 6.04 Å². The molecule has 2 aliphatic rings. The van der Waals surface area contributed by atoms with Gasteiger partial charge in [-0.25, -0.2) is 0 Å². The van der Waals surface area contributed by atoms with Crippen LogP contribution in [0.15, 0.2) is 42.6 Å². The SMILES string of the molecule is CC(=O)N1C[C@H](O)C[C@H]1C(=O)N(C)[C@@H](c1ccc(NC2Cc3ccccc3C2(C)C)cn1)C(F)(F)F. The molecule has 1 aliphatic heterocycles. The Labute approximate surface area is 208 Å². The third kappa shape index (κ3) is 4.78. The van der Waals surface area contributed by atoms with Crippen LogP contribution in [0.2, 0.25) is 0 Å². The molecule has 1 aliphatic carbocycles. The molecule has 0 spiro atoms. The highest BCUT2D eigenvalue weighted by molar-refractivity contribution is 5.87. The van der Waals surface area contributed by atoms with Crippen LogP contribution in [-0.4, -0.2) is 69.7 Å². The van der Waals surface area contributed by atoms with Crippen molar-refractivity contribution < 1.29 is 27.9 Å². The number of aliphatic hydroxyl groups is 1. The Morgan fingerprint density at radius 1 is 1.22 bits per heavy atom. The quantitative estimate of drug-likeness (QED) is 0.652. The van der Waals surface area contributed by atoms with E-state index in [0.29, 0.717) is 10.6 Å². The Hall–Kier alpha value is -3.14. The number of aromatic nitrogens is 1. The number of halogens is 3. The highest BCUT2D eigenvalue weighted by Crippen LogP contribution is 2.41. The number of hydrogen-bond donors (Lipinski definition) is 2. The van der Waals surface area contributed by atoms with E-state index in [1.165, 1.54) is 30.3 Å². The number of nitrogens with zero attached hydrogens (tertiary/aromatic N) is 3. The number of likely N-dealkylation sites (tertiary alicyclic amines) is 1. The van der Waals surface area contributed by atoms with Crippen molar-refractivity contribution in [2.75, 3.05) is 18.9 Å². The van der Waals surface area contributed by atoms with Gasteiger partial charge >= 0.3 is 6.18 Å². The van der Waals surface area contributed by atoms with E-state index in [4.69, 9.17) is 0 Å². The van der Waals surface area contributed by atoms with Crippen LogP contribution in [0.1, 0.15) is 50.1 Å². The lowest BCUT2D eigenvalue weighted by atomic mass is 9.83. The number of amides is 2.